The molecule has 1 amide bonds. The van der Waals surface area contributed by atoms with Crippen LogP contribution in [0, 0.1) is 11.8 Å². The van der Waals surface area contributed by atoms with Gasteiger partial charge < -0.3 is 10.0 Å². The Morgan fingerprint density at radius 2 is 1.83 bits per heavy atom. The van der Waals surface area contributed by atoms with Crippen molar-refractivity contribution < 1.29 is 14.7 Å². The molecule has 2 fully saturated rings. The van der Waals surface area contributed by atoms with Gasteiger partial charge in [0, 0.05) is 30.4 Å². The lowest BCUT2D eigenvalue weighted by atomic mass is 9.89. The number of piperidine rings is 2. The van der Waals surface area contributed by atoms with Crippen molar-refractivity contribution in [3.8, 4) is 0 Å². The van der Waals surface area contributed by atoms with Crippen LogP contribution in [0.25, 0.3) is 0 Å². The predicted octanol–water partition coefficient (Wildman–Crippen LogP) is 2.54. The normalized spacial score (nSPS) is 23.6. The Hall–Kier alpha value is -1.95. The van der Waals surface area contributed by atoms with Gasteiger partial charge in [-0.1, -0.05) is 6.07 Å². The van der Waals surface area contributed by atoms with Gasteiger partial charge in [-0.15, -0.1) is 0 Å². The molecule has 2 aliphatic heterocycles. The summed E-state index contributed by atoms with van der Waals surface area (Å²) >= 11 is 0. The van der Waals surface area contributed by atoms with Gasteiger partial charge in [-0.25, -0.2) is 0 Å². The van der Waals surface area contributed by atoms with Crippen molar-refractivity contribution in [3.05, 3.63) is 29.1 Å². The number of carbonyl (C=O) groups is 2. The SMILES string of the molecule is O=C(O)CN1CCC(C(=O)N2CCCC(Cc3ccc4c(n3)CCCC4)C2)CC1. The van der Waals surface area contributed by atoms with Gasteiger partial charge in [-0.2, -0.15) is 0 Å². The van der Waals surface area contributed by atoms with E-state index in [1.165, 1.54) is 42.6 Å². The Morgan fingerprint density at radius 3 is 2.62 bits per heavy atom. The van der Waals surface area contributed by atoms with Crippen molar-refractivity contribution in [2.45, 2.75) is 57.8 Å². The molecule has 29 heavy (non-hydrogen) atoms. The molecule has 1 aliphatic carbocycles. The smallest absolute Gasteiger partial charge is 0.317 e. The molecule has 4 rings (SSSR count). The third-order valence-corrected chi connectivity index (χ3v) is 6.86. The molecule has 6 heteroatoms. The molecular formula is C23H33N3O3. The number of rotatable bonds is 5. The molecule has 2 saturated heterocycles. The summed E-state index contributed by atoms with van der Waals surface area (Å²) in [5.41, 5.74) is 3.91. The summed E-state index contributed by atoms with van der Waals surface area (Å²) < 4.78 is 0. The van der Waals surface area contributed by atoms with E-state index in [0.29, 0.717) is 19.0 Å². The van der Waals surface area contributed by atoms with E-state index in [-0.39, 0.29) is 18.4 Å². The van der Waals surface area contributed by atoms with E-state index in [4.69, 9.17) is 10.1 Å². The summed E-state index contributed by atoms with van der Waals surface area (Å²) in [6.07, 6.45) is 9.56. The van der Waals surface area contributed by atoms with Crippen LogP contribution in [0.3, 0.4) is 0 Å². The van der Waals surface area contributed by atoms with E-state index in [9.17, 15) is 9.59 Å². The first-order chi connectivity index (χ1) is 14.1. The molecule has 0 saturated carbocycles. The zero-order valence-corrected chi connectivity index (χ0v) is 17.3. The maximum Gasteiger partial charge on any atom is 0.317 e. The van der Waals surface area contributed by atoms with Crippen LogP contribution >= 0.6 is 0 Å². The molecule has 158 valence electrons. The van der Waals surface area contributed by atoms with E-state index in [0.717, 1.165) is 45.2 Å². The molecule has 6 nitrogen and oxygen atoms in total. The fourth-order valence-electron chi connectivity index (χ4n) is 5.26. The molecule has 1 atom stereocenters. The third kappa shape index (κ3) is 5.16. The monoisotopic (exact) mass is 399 g/mol. The number of aryl methyl sites for hydroxylation is 2. The fourth-order valence-corrected chi connectivity index (χ4v) is 5.26. The van der Waals surface area contributed by atoms with Gasteiger partial charge in [0.05, 0.1) is 6.54 Å². The first kappa shape index (κ1) is 20.3. The number of amides is 1. The number of hydrogen-bond acceptors (Lipinski definition) is 4. The minimum Gasteiger partial charge on any atom is -0.480 e. The van der Waals surface area contributed by atoms with Crippen molar-refractivity contribution >= 4 is 11.9 Å². The van der Waals surface area contributed by atoms with Crippen molar-refractivity contribution in [1.29, 1.82) is 0 Å². The van der Waals surface area contributed by atoms with Crippen molar-refractivity contribution in [2.75, 3.05) is 32.7 Å². The second-order valence-electron chi connectivity index (χ2n) is 9.06. The molecule has 1 unspecified atom stereocenters. The number of carboxylic acid groups (broad SMARTS) is 1. The summed E-state index contributed by atoms with van der Waals surface area (Å²) in [5, 5.41) is 8.94. The van der Waals surface area contributed by atoms with Crippen LogP contribution in [0.4, 0.5) is 0 Å². The number of likely N-dealkylation sites (tertiary alicyclic amines) is 2. The van der Waals surface area contributed by atoms with Crippen LogP contribution in [0.15, 0.2) is 12.1 Å². The zero-order valence-electron chi connectivity index (χ0n) is 17.3. The molecule has 1 aromatic heterocycles. The summed E-state index contributed by atoms with van der Waals surface area (Å²) in [4.78, 5) is 32.9. The maximum atomic E-state index is 13.0. The minimum absolute atomic E-state index is 0.0562. The number of fused-ring (bicyclic) bond motifs is 1. The average Bonchev–Trinajstić information content (AvgIpc) is 2.73. The van der Waals surface area contributed by atoms with Crippen molar-refractivity contribution in [1.82, 2.24) is 14.8 Å². The van der Waals surface area contributed by atoms with Crippen LogP contribution in [-0.2, 0) is 28.9 Å². The first-order valence-electron chi connectivity index (χ1n) is 11.3. The van der Waals surface area contributed by atoms with E-state index in [1.807, 2.05) is 4.90 Å². The summed E-state index contributed by atoms with van der Waals surface area (Å²) in [6, 6.07) is 4.47. The highest BCUT2D eigenvalue weighted by atomic mass is 16.4. The highest BCUT2D eigenvalue weighted by Gasteiger charge is 2.32. The van der Waals surface area contributed by atoms with Gasteiger partial charge in [0.25, 0.3) is 0 Å². The van der Waals surface area contributed by atoms with Crippen LogP contribution in [0.1, 0.15) is 55.5 Å². The molecule has 1 N–H and O–H groups in total. The standard InChI is InChI=1S/C23H33N3O3/c27-22(28)16-25-12-9-19(10-13-25)23(29)26-11-3-4-17(15-26)14-20-8-7-18-5-1-2-6-21(18)24-20/h7-8,17,19H,1-6,9-16H2,(H,27,28). The molecule has 3 aliphatic rings. The number of aliphatic carboxylic acids is 1. The van der Waals surface area contributed by atoms with Gasteiger partial charge in [0.2, 0.25) is 5.91 Å². The zero-order chi connectivity index (χ0) is 20.2. The van der Waals surface area contributed by atoms with Gasteiger partial charge in [-0.3, -0.25) is 19.5 Å². The molecular weight excluding hydrogens is 366 g/mol. The lowest BCUT2D eigenvalue weighted by Crippen LogP contribution is -2.47. The molecule has 3 heterocycles. The number of carbonyl (C=O) groups excluding carboxylic acids is 1. The van der Waals surface area contributed by atoms with Gasteiger partial charge in [-0.05, 0) is 88.4 Å². The Kier molecular flexibility index (Phi) is 6.48. The lowest BCUT2D eigenvalue weighted by molar-refractivity contribution is -0.140. The third-order valence-electron chi connectivity index (χ3n) is 6.86. The van der Waals surface area contributed by atoms with E-state index >= 15 is 0 Å². The van der Waals surface area contributed by atoms with Crippen LogP contribution < -0.4 is 0 Å². The fraction of sp³-hybridized carbons (Fsp3) is 0.696. The number of pyridine rings is 1. The molecule has 1 aromatic rings. The summed E-state index contributed by atoms with van der Waals surface area (Å²) in [5.74, 6) is 0.0436. The van der Waals surface area contributed by atoms with Gasteiger partial charge in [0.15, 0.2) is 0 Å². The largest absolute Gasteiger partial charge is 0.480 e. The molecule has 0 aromatic carbocycles. The van der Waals surface area contributed by atoms with Gasteiger partial charge >= 0.3 is 5.97 Å². The van der Waals surface area contributed by atoms with E-state index in [2.05, 4.69) is 17.0 Å². The Labute approximate surface area is 173 Å². The van der Waals surface area contributed by atoms with Crippen LogP contribution in [0.2, 0.25) is 0 Å². The molecule has 0 radical (unpaired) electrons. The Morgan fingerprint density at radius 1 is 1.03 bits per heavy atom. The Bertz CT molecular complexity index is 743. The molecule has 0 spiro atoms. The van der Waals surface area contributed by atoms with E-state index < -0.39 is 5.97 Å². The highest BCUT2D eigenvalue weighted by molar-refractivity contribution is 5.79. The van der Waals surface area contributed by atoms with Crippen LogP contribution in [-0.4, -0.2) is 64.5 Å². The highest BCUT2D eigenvalue weighted by Crippen LogP contribution is 2.26. The maximum absolute atomic E-state index is 13.0. The average molecular weight is 400 g/mol. The number of aromatic nitrogens is 1. The van der Waals surface area contributed by atoms with E-state index in [1.54, 1.807) is 0 Å². The van der Waals surface area contributed by atoms with Crippen molar-refractivity contribution in [3.63, 3.8) is 0 Å². The topological polar surface area (TPSA) is 73.7 Å². The van der Waals surface area contributed by atoms with Crippen molar-refractivity contribution in [2.24, 2.45) is 11.8 Å². The second kappa shape index (κ2) is 9.24. The number of nitrogens with zero attached hydrogens (tertiary/aromatic N) is 3. The Balaban J connectivity index is 1.30. The minimum atomic E-state index is -0.788. The predicted molar refractivity (Wildman–Crippen MR) is 111 cm³/mol. The molecule has 0 bridgehead atoms. The summed E-state index contributed by atoms with van der Waals surface area (Å²) in [6.45, 7) is 3.20. The van der Waals surface area contributed by atoms with Crippen LogP contribution in [0.5, 0.6) is 0 Å². The number of hydrogen-bond donors (Lipinski definition) is 1. The number of carboxylic acids is 1. The quantitative estimate of drug-likeness (QED) is 0.824. The second-order valence-corrected chi connectivity index (χ2v) is 9.06. The lowest BCUT2D eigenvalue weighted by Gasteiger charge is -2.37. The van der Waals surface area contributed by atoms with Gasteiger partial charge in [0.1, 0.15) is 0 Å². The summed E-state index contributed by atoms with van der Waals surface area (Å²) in [7, 11) is 0. The first-order valence-corrected chi connectivity index (χ1v) is 11.3.